The molecule has 0 aromatic heterocycles. The van der Waals surface area contributed by atoms with Crippen molar-refractivity contribution in [2.75, 3.05) is 6.54 Å². The predicted molar refractivity (Wildman–Crippen MR) is 78.1 cm³/mol. The van der Waals surface area contributed by atoms with Crippen molar-refractivity contribution in [3.63, 3.8) is 0 Å². The van der Waals surface area contributed by atoms with Crippen molar-refractivity contribution < 1.29 is 0 Å². The molecule has 0 unspecified atom stereocenters. The van der Waals surface area contributed by atoms with Crippen LogP contribution >= 0.6 is 35.4 Å². The van der Waals surface area contributed by atoms with E-state index in [-0.39, 0.29) is 0 Å². The van der Waals surface area contributed by atoms with Gasteiger partial charge in [-0.25, -0.2) is 0 Å². The van der Waals surface area contributed by atoms with Crippen LogP contribution in [0.4, 0.5) is 0 Å². The Hall–Kier alpha value is -0.840. The Morgan fingerprint density at radius 3 is 2.65 bits per heavy atom. The maximum atomic E-state index is 5.92. The number of hydrogen-bond acceptors (Lipinski definition) is 2. The van der Waals surface area contributed by atoms with Crippen molar-refractivity contribution in [3.8, 4) is 0 Å². The first-order valence-electron chi connectivity index (χ1n) is 5.08. The molecule has 2 N–H and O–H groups in total. The molecule has 92 valence electrons. The van der Waals surface area contributed by atoms with Gasteiger partial charge in [-0.1, -0.05) is 29.3 Å². The molecule has 0 saturated heterocycles. The van der Waals surface area contributed by atoms with Crippen LogP contribution in [-0.2, 0) is 0 Å². The first kappa shape index (κ1) is 14.2. The third kappa shape index (κ3) is 4.50. The fraction of sp³-hybridized carbons (Fsp3) is 0.273. The van der Waals surface area contributed by atoms with E-state index in [2.05, 4.69) is 15.8 Å². The second-order valence-electron chi connectivity index (χ2n) is 3.30. The third-order valence-corrected chi connectivity index (χ3v) is 2.97. The standard InChI is InChI=1S/C11H13Cl2N3S/c1-3-14-11(17)16-15-7(2)8-4-5-9(12)10(13)6-8/h4-6H,3H2,1-2H3,(H2,14,16,17). The molecule has 17 heavy (non-hydrogen) atoms. The van der Waals surface area contributed by atoms with E-state index >= 15 is 0 Å². The van der Waals surface area contributed by atoms with Gasteiger partial charge in [0, 0.05) is 6.54 Å². The quantitative estimate of drug-likeness (QED) is 0.510. The van der Waals surface area contributed by atoms with E-state index < -0.39 is 0 Å². The Labute approximate surface area is 116 Å². The average molecular weight is 290 g/mol. The molecule has 0 amide bonds. The zero-order valence-electron chi connectivity index (χ0n) is 9.55. The summed E-state index contributed by atoms with van der Waals surface area (Å²) in [6.07, 6.45) is 0. The Kier molecular flexibility index (Phi) is 5.68. The molecule has 0 bridgehead atoms. The molecule has 3 nitrogen and oxygen atoms in total. The molecule has 0 fully saturated rings. The van der Waals surface area contributed by atoms with Crippen molar-refractivity contribution in [2.24, 2.45) is 5.10 Å². The zero-order valence-corrected chi connectivity index (χ0v) is 11.9. The highest BCUT2D eigenvalue weighted by Crippen LogP contribution is 2.22. The lowest BCUT2D eigenvalue weighted by molar-refractivity contribution is 0.901. The number of benzene rings is 1. The number of hydrogen-bond donors (Lipinski definition) is 2. The van der Waals surface area contributed by atoms with E-state index in [9.17, 15) is 0 Å². The first-order chi connectivity index (χ1) is 8.04. The molecule has 0 spiro atoms. The molecule has 0 heterocycles. The van der Waals surface area contributed by atoms with E-state index in [4.69, 9.17) is 35.4 Å². The van der Waals surface area contributed by atoms with Gasteiger partial charge in [0.2, 0.25) is 0 Å². The van der Waals surface area contributed by atoms with Crippen LogP contribution in [0.5, 0.6) is 0 Å². The van der Waals surface area contributed by atoms with Gasteiger partial charge in [0.15, 0.2) is 5.11 Å². The Morgan fingerprint density at radius 2 is 2.06 bits per heavy atom. The minimum atomic E-state index is 0.493. The number of hydrazone groups is 1. The Bertz CT molecular complexity index is 446. The summed E-state index contributed by atoms with van der Waals surface area (Å²) >= 11 is 16.8. The van der Waals surface area contributed by atoms with Gasteiger partial charge in [0.05, 0.1) is 15.8 Å². The van der Waals surface area contributed by atoms with Crippen molar-refractivity contribution in [1.29, 1.82) is 0 Å². The topological polar surface area (TPSA) is 36.4 Å². The van der Waals surface area contributed by atoms with Crippen LogP contribution in [0.25, 0.3) is 0 Å². The monoisotopic (exact) mass is 289 g/mol. The van der Waals surface area contributed by atoms with E-state index in [1.54, 1.807) is 12.1 Å². The van der Waals surface area contributed by atoms with Gasteiger partial charge in [-0.05, 0) is 43.8 Å². The van der Waals surface area contributed by atoms with Crippen LogP contribution in [0.1, 0.15) is 19.4 Å². The highest BCUT2D eigenvalue weighted by Gasteiger charge is 2.02. The average Bonchev–Trinajstić information content (AvgIpc) is 2.30. The molecule has 1 rings (SSSR count). The van der Waals surface area contributed by atoms with Gasteiger partial charge in [-0.3, -0.25) is 5.43 Å². The van der Waals surface area contributed by atoms with Gasteiger partial charge in [0.1, 0.15) is 0 Å². The second kappa shape index (κ2) is 6.79. The maximum absolute atomic E-state index is 5.92. The number of halogens is 2. The summed E-state index contributed by atoms with van der Waals surface area (Å²) in [7, 11) is 0. The fourth-order valence-corrected chi connectivity index (χ4v) is 1.61. The second-order valence-corrected chi connectivity index (χ2v) is 4.52. The summed E-state index contributed by atoms with van der Waals surface area (Å²) in [6, 6.07) is 5.35. The molecule has 1 aromatic rings. The van der Waals surface area contributed by atoms with Gasteiger partial charge < -0.3 is 5.32 Å². The summed E-state index contributed by atoms with van der Waals surface area (Å²) in [6.45, 7) is 4.58. The van der Waals surface area contributed by atoms with Crippen LogP contribution in [-0.4, -0.2) is 17.4 Å². The normalized spacial score (nSPS) is 11.2. The van der Waals surface area contributed by atoms with Gasteiger partial charge in [0.25, 0.3) is 0 Å². The highest BCUT2D eigenvalue weighted by molar-refractivity contribution is 7.80. The molecular weight excluding hydrogens is 277 g/mol. The number of rotatable bonds is 3. The van der Waals surface area contributed by atoms with Crippen molar-refractivity contribution in [3.05, 3.63) is 33.8 Å². The molecule has 0 aliphatic rings. The summed E-state index contributed by atoms with van der Waals surface area (Å²) in [4.78, 5) is 0. The molecule has 0 saturated carbocycles. The lowest BCUT2D eigenvalue weighted by atomic mass is 10.1. The number of thiocarbonyl (C=S) groups is 1. The smallest absolute Gasteiger partial charge is 0.186 e. The van der Waals surface area contributed by atoms with Crippen LogP contribution in [0, 0.1) is 0 Å². The number of nitrogens with one attached hydrogen (secondary N) is 2. The third-order valence-electron chi connectivity index (χ3n) is 2.00. The predicted octanol–water partition coefficient (Wildman–Crippen LogP) is 3.20. The fourth-order valence-electron chi connectivity index (χ4n) is 1.12. The molecule has 0 aliphatic heterocycles. The van der Waals surface area contributed by atoms with Crippen LogP contribution in [0.2, 0.25) is 10.0 Å². The molecule has 6 heteroatoms. The van der Waals surface area contributed by atoms with Crippen LogP contribution < -0.4 is 10.7 Å². The summed E-state index contributed by atoms with van der Waals surface area (Å²) in [5.74, 6) is 0. The van der Waals surface area contributed by atoms with Crippen LogP contribution in [0.15, 0.2) is 23.3 Å². The van der Waals surface area contributed by atoms with Gasteiger partial charge in [-0.2, -0.15) is 5.10 Å². The van der Waals surface area contributed by atoms with Gasteiger partial charge in [-0.15, -0.1) is 0 Å². The number of nitrogens with zero attached hydrogens (tertiary/aromatic N) is 1. The largest absolute Gasteiger partial charge is 0.362 e. The molecule has 0 radical (unpaired) electrons. The van der Waals surface area contributed by atoms with Crippen LogP contribution in [0.3, 0.4) is 0 Å². The minimum absolute atomic E-state index is 0.493. The lowest BCUT2D eigenvalue weighted by Gasteiger charge is -2.06. The highest BCUT2D eigenvalue weighted by atomic mass is 35.5. The van der Waals surface area contributed by atoms with E-state index in [1.807, 2.05) is 19.9 Å². The van der Waals surface area contributed by atoms with Crippen molar-refractivity contribution >= 4 is 46.2 Å². The Balaban J connectivity index is 2.74. The van der Waals surface area contributed by atoms with E-state index in [0.717, 1.165) is 17.8 Å². The Morgan fingerprint density at radius 1 is 1.35 bits per heavy atom. The van der Waals surface area contributed by atoms with Crippen molar-refractivity contribution in [2.45, 2.75) is 13.8 Å². The molecular formula is C11H13Cl2N3S. The van der Waals surface area contributed by atoms with E-state index in [0.29, 0.717) is 15.2 Å². The molecule has 0 aliphatic carbocycles. The SMILES string of the molecule is CCNC(=S)NN=C(C)c1ccc(Cl)c(Cl)c1. The summed E-state index contributed by atoms with van der Waals surface area (Å²) < 4.78 is 0. The molecule has 0 atom stereocenters. The van der Waals surface area contributed by atoms with Crippen molar-refractivity contribution in [1.82, 2.24) is 10.7 Å². The molecule has 1 aromatic carbocycles. The first-order valence-corrected chi connectivity index (χ1v) is 6.24. The van der Waals surface area contributed by atoms with Gasteiger partial charge >= 0.3 is 0 Å². The summed E-state index contributed by atoms with van der Waals surface area (Å²) in [5, 5.41) is 8.61. The summed E-state index contributed by atoms with van der Waals surface area (Å²) in [5.41, 5.74) is 4.42. The maximum Gasteiger partial charge on any atom is 0.186 e. The lowest BCUT2D eigenvalue weighted by Crippen LogP contribution is -2.32. The zero-order chi connectivity index (χ0) is 12.8. The minimum Gasteiger partial charge on any atom is -0.362 e. The van der Waals surface area contributed by atoms with E-state index in [1.165, 1.54) is 0 Å².